The maximum atomic E-state index is 11.3. The Morgan fingerprint density at radius 3 is 2.93 bits per heavy atom. The number of carbonyl (C=O) groups excluding carboxylic acids is 1. The Morgan fingerprint density at radius 1 is 1.43 bits per heavy atom. The summed E-state index contributed by atoms with van der Waals surface area (Å²) in [6.07, 6.45) is 3.86. The predicted octanol–water partition coefficient (Wildman–Crippen LogP) is 1.58. The van der Waals surface area contributed by atoms with E-state index in [1.807, 2.05) is 6.92 Å². The first-order chi connectivity index (χ1) is 6.75. The zero-order valence-electron chi connectivity index (χ0n) is 8.42. The summed E-state index contributed by atoms with van der Waals surface area (Å²) < 4.78 is 2.29. The predicted molar refractivity (Wildman–Crippen MR) is 52.3 cm³/mol. The Hall–Kier alpha value is -1.12. The van der Waals surface area contributed by atoms with Crippen LogP contribution < -0.4 is 0 Å². The van der Waals surface area contributed by atoms with Crippen LogP contribution in [0, 0.1) is 6.92 Å². The van der Waals surface area contributed by atoms with Gasteiger partial charge in [0.25, 0.3) is 0 Å². The third kappa shape index (κ3) is 1.11. The lowest BCUT2D eigenvalue weighted by atomic mass is 10.1. The highest BCUT2D eigenvalue weighted by Crippen LogP contribution is 2.40. The van der Waals surface area contributed by atoms with Crippen molar-refractivity contribution in [3.05, 3.63) is 17.2 Å². The number of hydrogen-bond acceptors (Lipinski definition) is 2. The Morgan fingerprint density at radius 2 is 2.21 bits per heavy atom. The molecule has 1 aliphatic carbocycles. The Kier molecular flexibility index (Phi) is 1.58. The highest BCUT2D eigenvalue weighted by molar-refractivity contribution is 5.81. The van der Waals surface area contributed by atoms with Gasteiger partial charge < -0.3 is 4.57 Å². The highest BCUT2D eigenvalue weighted by Gasteiger charge is 2.32. The number of aromatic nitrogens is 2. The van der Waals surface area contributed by atoms with Crippen molar-refractivity contribution < 1.29 is 4.79 Å². The molecular weight excluding hydrogens is 176 g/mol. The fourth-order valence-corrected chi connectivity index (χ4v) is 2.27. The lowest BCUT2D eigenvalue weighted by Crippen LogP contribution is -2.20. The van der Waals surface area contributed by atoms with Gasteiger partial charge in [-0.3, -0.25) is 4.79 Å². The first kappa shape index (κ1) is 8.21. The number of carbonyl (C=O) groups is 1. The van der Waals surface area contributed by atoms with Crippen LogP contribution >= 0.6 is 0 Å². The van der Waals surface area contributed by atoms with Gasteiger partial charge in [0.2, 0.25) is 0 Å². The number of fused-ring (bicyclic) bond motifs is 1. The average molecular weight is 190 g/mol. The lowest BCUT2D eigenvalue weighted by molar-refractivity contribution is -0.119. The minimum atomic E-state index is 0.364. The van der Waals surface area contributed by atoms with Crippen LogP contribution in [-0.2, 0) is 17.8 Å². The van der Waals surface area contributed by atoms with Crippen LogP contribution in [0.2, 0.25) is 0 Å². The molecule has 1 fully saturated rings. The van der Waals surface area contributed by atoms with E-state index in [1.54, 1.807) is 0 Å². The molecule has 0 spiro atoms. The zero-order chi connectivity index (χ0) is 9.71. The van der Waals surface area contributed by atoms with E-state index < -0.39 is 0 Å². The van der Waals surface area contributed by atoms with Crippen molar-refractivity contribution in [2.75, 3.05) is 0 Å². The lowest BCUT2D eigenvalue weighted by Gasteiger charge is -2.16. The standard InChI is InChI=1S/C11H14N2O/c1-7-10-6-9(14)4-5-13(10)11(12-7)8-2-3-8/h8H,2-6H2,1H3. The van der Waals surface area contributed by atoms with Crippen molar-refractivity contribution in [1.29, 1.82) is 0 Å². The molecule has 0 saturated heterocycles. The molecule has 2 aliphatic rings. The zero-order valence-corrected chi connectivity index (χ0v) is 8.42. The number of hydrogen-bond donors (Lipinski definition) is 0. The van der Waals surface area contributed by atoms with Gasteiger partial charge in [0, 0.05) is 31.0 Å². The van der Waals surface area contributed by atoms with Gasteiger partial charge in [-0.1, -0.05) is 0 Å². The molecule has 3 heteroatoms. The van der Waals surface area contributed by atoms with Gasteiger partial charge in [0.1, 0.15) is 11.6 Å². The largest absolute Gasteiger partial charge is 0.331 e. The second kappa shape index (κ2) is 2.69. The molecule has 0 radical (unpaired) electrons. The SMILES string of the molecule is Cc1nc(C2CC2)n2c1CC(=O)CC2. The number of imidazole rings is 1. The highest BCUT2D eigenvalue weighted by atomic mass is 16.1. The third-order valence-corrected chi connectivity index (χ3v) is 3.22. The van der Waals surface area contributed by atoms with Gasteiger partial charge >= 0.3 is 0 Å². The quantitative estimate of drug-likeness (QED) is 0.674. The molecular formula is C11H14N2O. The molecule has 2 heterocycles. The van der Waals surface area contributed by atoms with Gasteiger partial charge in [-0.15, -0.1) is 0 Å². The van der Waals surface area contributed by atoms with Gasteiger partial charge in [-0.25, -0.2) is 4.98 Å². The first-order valence-electron chi connectivity index (χ1n) is 5.33. The smallest absolute Gasteiger partial charge is 0.140 e. The van der Waals surface area contributed by atoms with E-state index in [0.717, 1.165) is 12.2 Å². The molecule has 3 nitrogen and oxygen atoms in total. The van der Waals surface area contributed by atoms with Crippen LogP contribution in [0.1, 0.15) is 42.4 Å². The molecule has 0 bridgehead atoms. The molecule has 1 aliphatic heterocycles. The summed E-state index contributed by atoms with van der Waals surface area (Å²) in [5.41, 5.74) is 2.24. The van der Waals surface area contributed by atoms with E-state index >= 15 is 0 Å². The summed E-state index contributed by atoms with van der Waals surface area (Å²) in [4.78, 5) is 15.9. The second-order valence-corrected chi connectivity index (χ2v) is 4.39. The Bertz CT molecular complexity index is 402. The average Bonchev–Trinajstić information content (AvgIpc) is 2.94. The van der Waals surface area contributed by atoms with Gasteiger partial charge in [-0.05, 0) is 19.8 Å². The van der Waals surface area contributed by atoms with Crippen molar-refractivity contribution in [2.45, 2.75) is 45.1 Å². The molecule has 0 N–H and O–H groups in total. The summed E-state index contributed by atoms with van der Waals surface area (Å²) in [5, 5.41) is 0. The van der Waals surface area contributed by atoms with Crippen LogP contribution in [0.5, 0.6) is 0 Å². The molecule has 0 aromatic carbocycles. The Balaban J connectivity index is 2.08. The van der Waals surface area contributed by atoms with Crippen molar-refractivity contribution in [3.8, 4) is 0 Å². The van der Waals surface area contributed by atoms with E-state index in [4.69, 9.17) is 0 Å². The van der Waals surface area contributed by atoms with Crippen molar-refractivity contribution >= 4 is 5.78 Å². The molecule has 3 rings (SSSR count). The van der Waals surface area contributed by atoms with E-state index in [-0.39, 0.29) is 0 Å². The Labute approximate surface area is 83.1 Å². The van der Waals surface area contributed by atoms with Crippen molar-refractivity contribution in [2.24, 2.45) is 0 Å². The van der Waals surface area contributed by atoms with E-state index in [0.29, 0.717) is 24.5 Å². The van der Waals surface area contributed by atoms with Gasteiger partial charge in [0.15, 0.2) is 0 Å². The third-order valence-electron chi connectivity index (χ3n) is 3.22. The maximum Gasteiger partial charge on any atom is 0.140 e. The molecule has 1 saturated carbocycles. The fourth-order valence-electron chi connectivity index (χ4n) is 2.27. The molecule has 0 amide bonds. The fraction of sp³-hybridized carbons (Fsp3) is 0.636. The number of rotatable bonds is 1. The van der Waals surface area contributed by atoms with Gasteiger partial charge in [0.05, 0.1) is 5.69 Å². The maximum absolute atomic E-state index is 11.3. The van der Waals surface area contributed by atoms with E-state index in [9.17, 15) is 4.79 Å². The minimum absolute atomic E-state index is 0.364. The summed E-state index contributed by atoms with van der Waals surface area (Å²) in [6, 6.07) is 0. The number of ketones is 1. The van der Waals surface area contributed by atoms with Crippen LogP contribution in [0.3, 0.4) is 0 Å². The summed E-state index contributed by atoms with van der Waals surface area (Å²) in [5.74, 6) is 2.29. The van der Waals surface area contributed by atoms with E-state index in [2.05, 4.69) is 9.55 Å². The monoisotopic (exact) mass is 190 g/mol. The van der Waals surface area contributed by atoms with E-state index in [1.165, 1.54) is 24.4 Å². The van der Waals surface area contributed by atoms with Crippen LogP contribution in [0.4, 0.5) is 0 Å². The van der Waals surface area contributed by atoms with Gasteiger partial charge in [-0.2, -0.15) is 0 Å². The molecule has 1 aromatic heterocycles. The minimum Gasteiger partial charge on any atom is -0.331 e. The number of Topliss-reactive ketones (excluding diaryl/α,β-unsaturated/α-hetero) is 1. The summed E-state index contributed by atoms with van der Waals surface area (Å²) in [7, 11) is 0. The van der Waals surface area contributed by atoms with Crippen molar-refractivity contribution in [3.63, 3.8) is 0 Å². The summed E-state index contributed by atoms with van der Waals surface area (Å²) >= 11 is 0. The first-order valence-corrected chi connectivity index (χ1v) is 5.33. The second-order valence-electron chi connectivity index (χ2n) is 4.39. The van der Waals surface area contributed by atoms with Crippen LogP contribution in [0.25, 0.3) is 0 Å². The molecule has 1 aromatic rings. The molecule has 0 unspecified atom stereocenters. The van der Waals surface area contributed by atoms with Crippen LogP contribution in [0.15, 0.2) is 0 Å². The van der Waals surface area contributed by atoms with Crippen LogP contribution in [-0.4, -0.2) is 15.3 Å². The summed E-state index contributed by atoms with van der Waals surface area (Å²) in [6.45, 7) is 2.89. The molecule has 14 heavy (non-hydrogen) atoms. The topological polar surface area (TPSA) is 34.9 Å². The van der Waals surface area contributed by atoms with Crippen molar-refractivity contribution in [1.82, 2.24) is 9.55 Å². The number of nitrogens with zero attached hydrogens (tertiary/aromatic N) is 2. The number of aryl methyl sites for hydroxylation is 1. The molecule has 74 valence electrons. The normalized spacial score (nSPS) is 21.1. The molecule has 0 atom stereocenters.